The summed E-state index contributed by atoms with van der Waals surface area (Å²) in [4.78, 5) is 34.0. The van der Waals surface area contributed by atoms with Gasteiger partial charge in [0.15, 0.2) is 0 Å². The molecule has 0 unspecified atom stereocenters. The third-order valence-corrected chi connectivity index (χ3v) is 4.24. The van der Waals surface area contributed by atoms with E-state index in [0.717, 1.165) is 8.04 Å². The first-order valence-corrected chi connectivity index (χ1v) is 8.06. The van der Waals surface area contributed by atoms with Crippen LogP contribution in [-0.2, 0) is 0 Å². The van der Waals surface area contributed by atoms with Crippen LogP contribution < -0.4 is 10.9 Å². The molecule has 0 aliphatic carbocycles. The maximum absolute atomic E-state index is 12.1. The van der Waals surface area contributed by atoms with Crippen LogP contribution in [0, 0.1) is 13.7 Å². The van der Waals surface area contributed by atoms with Gasteiger partial charge in [-0.2, -0.15) is 0 Å². The van der Waals surface area contributed by atoms with E-state index < -0.39 is 16.7 Å². The summed E-state index contributed by atoms with van der Waals surface area (Å²) in [5, 5.41) is 10.6. The van der Waals surface area contributed by atoms with Crippen molar-refractivity contribution in [2.24, 2.45) is 0 Å². The number of amides is 2. The van der Waals surface area contributed by atoms with Crippen molar-refractivity contribution in [1.82, 2.24) is 10.9 Å². The molecule has 2 amide bonds. The van der Waals surface area contributed by atoms with E-state index >= 15 is 0 Å². The van der Waals surface area contributed by atoms with Gasteiger partial charge in [0.1, 0.15) is 0 Å². The lowest BCUT2D eigenvalue weighted by molar-refractivity contribution is -0.384. The molecule has 0 aromatic heterocycles. The van der Waals surface area contributed by atoms with E-state index in [9.17, 15) is 19.7 Å². The highest BCUT2D eigenvalue weighted by atomic mass is 127. The molecular formula is C14H9BrIN3O4. The molecule has 0 spiro atoms. The Morgan fingerprint density at radius 2 is 1.65 bits per heavy atom. The van der Waals surface area contributed by atoms with Gasteiger partial charge >= 0.3 is 0 Å². The minimum absolute atomic E-state index is 0.116. The zero-order valence-corrected chi connectivity index (χ0v) is 15.1. The first-order chi connectivity index (χ1) is 10.9. The summed E-state index contributed by atoms with van der Waals surface area (Å²) >= 11 is 5.29. The molecular weight excluding hydrogens is 481 g/mol. The van der Waals surface area contributed by atoms with Crippen molar-refractivity contribution in [2.45, 2.75) is 0 Å². The molecule has 0 bridgehead atoms. The van der Waals surface area contributed by atoms with E-state index in [2.05, 4.69) is 26.8 Å². The second kappa shape index (κ2) is 7.51. The molecule has 0 saturated heterocycles. The summed E-state index contributed by atoms with van der Waals surface area (Å²) in [6, 6.07) is 10.2. The highest BCUT2D eigenvalue weighted by Gasteiger charge is 2.13. The van der Waals surface area contributed by atoms with Crippen molar-refractivity contribution in [3.05, 3.63) is 71.7 Å². The summed E-state index contributed by atoms with van der Waals surface area (Å²) in [6.07, 6.45) is 0. The zero-order chi connectivity index (χ0) is 17.0. The molecule has 0 aliphatic heterocycles. The minimum atomic E-state index is -0.571. The van der Waals surface area contributed by atoms with Crippen LogP contribution in [0.1, 0.15) is 20.7 Å². The molecule has 0 fully saturated rings. The van der Waals surface area contributed by atoms with Crippen molar-refractivity contribution in [1.29, 1.82) is 0 Å². The number of carbonyl (C=O) groups excluding carboxylic acids is 2. The van der Waals surface area contributed by atoms with Crippen LogP contribution in [0.2, 0.25) is 0 Å². The molecule has 9 heteroatoms. The SMILES string of the molecule is O=C(NNC(=O)c1cc(Br)ccc1I)c1ccc([N+](=O)[O-])cc1. The lowest BCUT2D eigenvalue weighted by Crippen LogP contribution is -2.41. The van der Waals surface area contributed by atoms with E-state index in [1.54, 1.807) is 18.2 Å². The van der Waals surface area contributed by atoms with Crippen LogP contribution in [0.5, 0.6) is 0 Å². The number of rotatable bonds is 3. The predicted octanol–water partition coefficient (Wildman–Crippen LogP) is 3.04. The molecule has 0 radical (unpaired) electrons. The molecule has 2 N–H and O–H groups in total. The number of non-ortho nitro benzene ring substituents is 1. The van der Waals surface area contributed by atoms with Gasteiger partial charge < -0.3 is 0 Å². The second-order valence-electron chi connectivity index (χ2n) is 4.34. The van der Waals surface area contributed by atoms with E-state index in [1.165, 1.54) is 24.3 Å². The summed E-state index contributed by atoms with van der Waals surface area (Å²) in [5.41, 5.74) is 5.05. The average molecular weight is 490 g/mol. The molecule has 0 atom stereocenters. The third kappa shape index (κ3) is 4.48. The maximum Gasteiger partial charge on any atom is 0.270 e. The first kappa shape index (κ1) is 17.3. The standard InChI is InChI=1S/C14H9BrIN3O4/c15-9-3-6-12(16)11(7-9)14(21)18-17-13(20)8-1-4-10(5-2-8)19(22)23/h1-7H,(H,17,20)(H,18,21). The lowest BCUT2D eigenvalue weighted by atomic mass is 10.2. The summed E-state index contributed by atoms with van der Waals surface area (Å²) in [5.74, 6) is -1.04. The Morgan fingerprint density at radius 1 is 1.04 bits per heavy atom. The largest absolute Gasteiger partial charge is 0.270 e. The normalized spacial score (nSPS) is 10.0. The van der Waals surface area contributed by atoms with Crippen molar-refractivity contribution in [3.8, 4) is 0 Å². The number of hydrogen-bond acceptors (Lipinski definition) is 4. The lowest BCUT2D eigenvalue weighted by Gasteiger charge is -2.09. The number of nitrogens with zero attached hydrogens (tertiary/aromatic N) is 1. The fourth-order valence-electron chi connectivity index (χ4n) is 1.66. The Morgan fingerprint density at radius 3 is 2.26 bits per heavy atom. The molecule has 0 heterocycles. The highest BCUT2D eigenvalue weighted by molar-refractivity contribution is 14.1. The smallest absolute Gasteiger partial charge is 0.267 e. The van der Waals surface area contributed by atoms with Crippen LogP contribution in [0.4, 0.5) is 5.69 Å². The molecule has 2 rings (SSSR count). The van der Waals surface area contributed by atoms with E-state index in [0.29, 0.717) is 5.56 Å². The highest BCUT2D eigenvalue weighted by Crippen LogP contribution is 2.18. The van der Waals surface area contributed by atoms with E-state index in [-0.39, 0.29) is 11.3 Å². The van der Waals surface area contributed by atoms with Gasteiger partial charge in [-0.1, -0.05) is 15.9 Å². The molecule has 118 valence electrons. The summed E-state index contributed by atoms with van der Waals surface area (Å²) in [6.45, 7) is 0. The monoisotopic (exact) mass is 489 g/mol. The Bertz CT molecular complexity index is 780. The van der Waals surface area contributed by atoms with Crippen LogP contribution in [0.25, 0.3) is 0 Å². The Hall–Kier alpha value is -2.01. The third-order valence-electron chi connectivity index (χ3n) is 2.80. The van der Waals surface area contributed by atoms with Gasteiger partial charge in [-0.05, 0) is 52.9 Å². The zero-order valence-electron chi connectivity index (χ0n) is 11.4. The van der Waals surface area contributed by atoms with Gasteiger partial charge in [-0.3, -0.25) is 30.6 Å². The van der Waals surface area contributed by atoms with Gasteiger partial charge in [0, 0.05) is 25.7 Å². The van der Waals surface area contributed by atoms with E-state index in [4.69, 9.17) is 0 Å². The minimum Gasteiger partial charge on any atom is -0.267 e. The number of hydrogen-bond donors (Lipinski definition) is 2. The molecule has 2 aromatic carbocycles. The Balaban J connectivity index is 2.02. The number of nitro groups is 1. The number of benzene rings is 2. The van der Waals surface area contributed by atoms with Gasteiger partial charge in [0.2, 0.25) is 0 Å². The molecule has 7 nitrogen and oxygen atoms in total. The van der Waals surface area contributed by atoms with Crippen molar-refractivity contribution in [3.63, 3.8) is 0 Å². The fraction of sp³-hybridized carbons (Fsp3) is 0. The van der Waals surface area contributed by atoms with Crippen LogP contribution >= 0.6 is 38.5 Å². The average Bonchev–Trinajstić information content (AvgIpc) is 2.54. The van der Waals surface area contributed by atoms with Crippen LogP contribution in [0.15, 0.2) is 46.9 Å². The van der Waals surface area contributed by atoms with E-state index in [1.807, 2.05) is 22.6 Å². The van der Waals surface area contributed by atoms with Gasteiger partial charge in [0.05, 0.1) is 10.5 Å². The Kier molecular flexibility index (Phi) is 5.66. The molecule has 2 aromatic rings. The molecule has 0 aliphatic rings. The number of hydrazine groups is 1. The number of nitro benzene ring substituents is 1. The van der Waals surface area contributed by atoms with Gasteiger partial charge in [-0.25, -0.2) is 0 Å². The Labute approximate surface area is 152 Å². The number of nitrogens with one attached hydrogen (secondary N) is 2. The van der Waals surface area contributed by atoms with Crippen molar-refractivity contribution in [2.75, 3.05) is 0 Å². The first-order valence-electron chi connectivity index (χ1n) is 6.18. The summed E-state index contributed by atoms with van der Waals surface area (Å²) < 4.78 is 1.47. The predicted molar refractivity (Wildman–Crippen MR) is 94.9 cm³/mol. The number of halogens is 2. The molecule has 0 saturated carbocycles. The fourth-order valence-corrected chi connectivity index (χ4v) is 2.60. The van der Waals surface area contributed by atoms with Gasteiger partial charge in [-0.15, -0.1) is 0 Å². The van der Waals surface area contributed by atoms with Crippen LogP contribution in [0.3, 0.4) is 0 Å². The molecule has 23 heavy (non-hydrogen) atoms. The maximum atomic E-state index is 12.1. The van der Waals surface area contributed by atoms with Crippen molar-refractivity contribution < 1.29 is 14.5 Å². The second-order valence-corrected chi connectivity index (χ2v) is 6.41. The van der Waals surface area contributed by atoms with Crippen LogP contribution in [-0.4, -0.2) is 16.7 Å². The van der Waals surface area contributed by atoms with Crippen molar-refractivity contribution >= 4 is 56.0 Å². The number of carbonyl (C=O) groups is 2. The quantitative estimate of drug-likeness (QED) is 0.393. The van der Waals surface area contributed by atoms with Gasteiger partial charge in [0.25, 0.3) is 17.5 Å². The topological polar surface area (TPSA) is 101 Å². The summed E-state index contributed by atoms with van der Waals surface area (Å²) in [7, 11) is 0.